The van der Waals surface area contributed by atoms with Crippen molar-refractivity contribution in [3.8, 4) is 0 Å². The summed E-state index contributed by atoms with van der Waals surface area (Å²) in [5, 5.41) is 8.42. The van der Waals surface area contributed by atoms with E-state index < -0.39 is 53.7 Å². The molecule has 3 rings (SSSR count). The van der Waals surface area contributed by atoms with E-state index in [9.17, 15) is 28.8 Å². The number of Topliss-reactive ketones (excluding diaryl/α,β-unsaturated/α-hetero) is 2. The first-order valence-electron chi connectivity index (χ1n) is 16.4. The van der Waals surface area contributed by atoms with Gasteiger partial charge in [0.15, 0.2) is 5.78 Å². The van der Waals surface area contributed by atoms with E-state index in [0.29, 0.717) is 37.8 Å². The number of likely N-dealkylation sites (tertiary alicyclic amines) is 1. The summed E-state index contributed by atoms with van der Waals surface area (Å²) in [4.78, 5) is 80.7. The van der Waals surface area contributed by atoms with Gasteiger partial charge in [0.25, 0.3) is 5.91 Å². The first kappa shape index (κ1) is 35.7. The molecule has 0 spiro atoms. The number of hydrogen-bond acceptors (Lipinski definition) is 6. The highest BCUT2D eigenvalue weighted by Crippen LogP contribution is 2.35. The summed E-state index contributed by atoms with van der Waals surface area (Å²) < 4.78 is 0. The minimum absolute atomic E-state index is 0.0472. The number of nitrogens with zero attached hydrogens (tertiary/aromatic N) is 1. The molecule has 5 amide bonds. The van der Waals surface area contributed by atoms with Crippen LogP contribution in [0.15, 0.2) is 30.3 Å². The van der Waals surface area contributed by atoms with Gasteiger partial charge in [0.2, 0.25) is 17.6 Å². The molecule has 0 bridgehead atoms. The number of benzene rings is 1. The molecule has 0 aromatic heterocycles. The number of carbonyl (C=O) groups excluding carboxylic acids is 6. The van der Waals surface area contributed by atoms with Gasteiger partial charge in [-0.05, 0) is 42.4 Å². The van der Waals surface area contributed by atoms with Crippen LogP contribution < -0.4 is 21.7 Å². The zero-order valence-corrected chi connectivity index (χ0v) is 27.5. The fourth-order valence-electron chi connectivity index (χ4n) is 6.41. The van der Waals surface area contributed by atoms with E-state index in [4.69, 9.17) is 5.73 Å². The topological polar surface area (TPSA) is 168 Å². The Kier molecular flexibility index (Phi) is 12.7. The lowest BCUT2D eigenvalue weighted by Gasteiger charge is -2.35. The van der Waals surface area contributed by atoms with E-state index >= 15 is 0 Å². The van der Waals surface area contributed by atoms with Crippen LogP contribution in [0.4, 0.5) is 4.79 Å². The number of hydrogen-bond donors (Lipinski definition) is 4. The van der Waals surface area contributed by atoms with Crippen LogP contribution in [0.3, 0.4) is 0 Å². The maximum atomic E-state index is 14.3. The third-order valence-electron chi connectivity index (χ3n) is 9.36. The van der Waals surface area contributed by atoms with Gasteiger partial charge in [-0.3, -0.25) is 24.0 Å². The Hall–Kier alpha value is -3.76. The number of ketones is 2. The Morgan fingerprint density at radius 2 is 1.47 bits per heavy atom. The molecule has 45 heavy (non-hydrogen) atoms. The van der Waals surface area contributed by atoms with Gasteiger partial charge in [0, 0.05) is 12.1 Å². The molecule has 1 unspecified atom stereocenters. The number of rotatable bonds is 16. The normalized spacial score (nSPS) is 20.1. The highest BCUT2D eigenvalue weighted by molar-refractivity contribution is 6.37. The lowest BCUT2D eigenvalue weighted by molar-refractivity contribution is -0.144. The zero-order valence-electron chi connectivity index (χ0n) is 27.5. The summed E-state index contributed by atoms with van der Waals surface area (Å²) in [7, 11) is 0. The van der Waals surface area contributed by atoms with Crippen molar-refractivity contribution in [3.05, 3.63) is 35.9 Å². The van der Waals surface area contributed by atoms with Gasteiger partial charge in [-0.25, -0.2) is 4.79 Å². The quantitative estimate of drug-likeness (QED) is 0.163. The SMILES string of the molecule is CCC(CC)[C@H](NC(=O)N[C@H](C(=O)c1ccccc1)C(C)C)C(=O)N1CC[C@H](C(C)C)[C@H]1C(=O)NC(CC1CC1)C(=O)C(N)=O. The maximum absolute atomic E-state index is 14.3. The first-order valence-corrected chi connectivity index (χ1v) is 16.4. The van der Waals surface area contributed by atoms with Crippen LogP contribution in [-0.2, 0) is 19.2 Å². The number of nitrogens with one attached hydrogen (secondary N) is 3. The van der Waals surface area contributed by atoms with Gasteiger partial charge in [0.1, 0.15) is 12.1 Å². The van der Waals surface area contributed by atoms with Crippen LogP contribution in [-0.4, -0.2) is 70.9 Å². The van der Waals surface area contributed by atoms with Crippen molar-refractivity contribution in [2.75, 3.05) is 6.54 Å². The minimum atomic E-state index is -1.10. The van der Waals surface area contributed by atoms with E-state index in [2.05, 4.69) is 16.0 Å². The third-order valence-corrected chi connectivity index (χ3v) is 9.36. The highest BCUT2D eigenvalue weighted by atomic mass is 16.2. The molecular weight excluding hydrogens is 574 g/mol. The molecule has 0 radical (unpaired) electrons. The Bertz CT molecular complexity index is 1230. The van der Waals surface area contributed by atoms with E-state index in [0.717, 1.165) is 12.8 Å². The van der Waals surface area contributed by atoms with Crippen LogP contribution in [0.5, 0.6) is 0 Å². The van der Waals surface area contributed by atoms with Crippen LogP contribution in [0.1, 0.15) is 90.4 Å². The maximum Gasteiger partial charge on any atom is 0.316 e. The Morgan fingerprint density at radius 1 is 0.867 bits per heavy atom. The van der Waals surface area contributed by atoms with Gasteiger partial charge in [0.05, 0.1) is 12.1 Å². The molecule has 1 aliphatic carbocycles. The standard InChI is InChI=1S/C34H51N5O6/c1-7-22(8-2)27(38-34(45)37-26(20(5)6)29(40)23-12-10-9-11-13-23)33(44)39-17-16-24(19(3)4)28(39)32(43)36-25(18-21-14-15-21)30(41)31(35)42/h9-13,19-22,24-28H,7-8,14-18H2,1-6H3,(H2,35,42)(H,36,43)(H2,37,38,45)/t24-,25?,26+,27+,28+/m1/s1. The van der Waals surface area contributed by atoms with Crippen molar-refractivity contribution in [3.63, 3.8) is 0 Å². The average Bonchev–Trinajstić information content (AvgIpc) is 3.71. The minimum Gasteiger partial charge on any atom is -0.363 e. The summed E-state index contributed by atoms with van der Waals surface area (Å²) in [6.45, 7) is 11.8. The summed E-state index contributed by atoms with van der Waals surface area (Å²) in [6, 6.07) is 4.41. The van der Waals surface area contributed by atoms with E-state index in [-0.39, 0.29) is 35.4 Å². The number of urea groups is 1. The molecule has 5 N–H and O–H groups in total. The van der Waals surface area contributed by atoms with Gasteiger partial charge in [-0.1, -0.05) is 97.6 Å². The predicted molar refractivity (Wildman–Crippen MR) is 171 cm³/mol. The largest absolute Gasteiger partial charge is 0.363 e. The Labute approximate surface area is 266 Å². The predicted octanol–water partition coefficient (Wildman–Crippen LogP) is 3.21. The van der Waals surface area contributed by atoms with Crippen molar-refractivity contribution in [1.29, 1.82) is 0 Å². The molecule has 11 nitrogen and oxygen atoms in total. The number of carbonyl (C=O) groups is 6. The Balaban J connectivity index is 1.85. The lowest BCUT2D eigenvalue weighted by atomic mass is 9.87. The molecule has 5 atom stereocenters. The fraction of sp³-hybridized carbons (Fsp3) is 0.647. The number of nitrogens with two attached hydrogens (primary N) is 1. The van der Waals surface area contributed by atoms with Gasteiger partial charge in [-0.2, -0.15) is 0 Å². The highest BCUT2D eigenvalue weighted by Gasteiger charge is 2.47. The van der Waals surface area contributed by atoms with Crippen LogP contribution in [0.2, 0.25) is 0 Å². The molecule has 1 saturated carbocycles. The van der Waals surface area contributed by atoms with Crippen LogP contribution >= 0.6 is 0 Å². The van der Waals surface area contributed by atoms with Crippen molar-refractivity contribution in [2.24, 2.45) is 35.3 Å². The molecule has 1 heterocycles. The number of primary amides is 1. The Morgan fingerprint density at radius 3 is 1.98 bits per heavy atom. The second-order valence-corrected chi connectivity index (χ2v) is 13.3. The summed E-state index contributed by atoms with van der Waals surface area (Å²) in [5.41, 5.74) is 5.77. The molecule has 1 aromatic carbocycles. The molecule has 248 valence electrons. The smallest absolute Gasteiger partial charge is 0.316 e. The summed E-state index contributed by atoms with van der Waals surface area (Å²) in [6.07, 6.45) is 3.93. The fourth-order valence-corrected chi connectivity index (χ4v) is 6.41. The molecular formula is C34H51N5O6. The van der Waals surface area contributed by atoms with E-state index in [1.54, 1.807) is 24.3 Å². The van der Waals surface area contributed by atoms with Crippen molar-refractivity contribution < 1.29 is 28.8 Å². The molecule has 1 aliphatic heterocycles. The molecule has 1 aromatic rings. The summed E-state index contributed by atoms with van der Waals surface area (Å²) >= 11 is 0. The van der Waals surface area contributed by atoms with Crippen LogP contribution in [0, 0.1) is 29.6 Å². The summed E-state index contributed by atoms with van der Waals surface area (Å²) in [5.74, 6) is -3.41. The molecule has 11 heteroatoms. The van der Waals surface area contributed by atoms with Crippen molar-refractivity contribution in [2.45, 2.75) is 104 Å². The van der Waals surface area contributed by atoms with Crippen molar-refractivity contribution >= 4 is 35.3 Å². The first-order chi connectivity index (χ1) is 21.3. The molecule has 2 fully saturated rings. The van der Waals surface area contributed by atoms with Gasteiger partial charge in [-0.15, -0.1) is 0 Å². The van der Waals surface area contributed by atoms with Gasteiger partial charge >= 0.3 is 6.03 Å². The average molecular weight is 626 g/mol. The monoisotopic (exact) mass is 625 g/mol. The third kappa shape index (κ3) is 9.14. The molecule has 2 aliphatic rings. The second-order valence-electron chi connectivity index (χ2n) is 13.3. The van der Waals surface area contributed by atoms with E-state index in [1.165, 1.54) is 4.90 Å². The number of amides is 5. The van der Waals surface area contributed by atoms with Gasteiger partial charge < -0.3 is 26.6 Å². The lowest BCUT2D eigenvalue weighted by Crippen LogP contribution is -2.60. The zero-order chi connectivity index (χ0) is 33.4. The molecule has 1 saturated heterocycles. The van der Waals surface area contributed by atoms with Crippen molar-refractivity contribution in [1.82, 2.24) is 20.9 Å². The van der Waals surface area contributed by atoms with E-state index in [1.807, 2.05) is 47.6 Å². The van der Waals surface area contributed by atoms with Crippen LogP contribution in [0.25, 0.3) is 0 Å². The second kappa shape index (κ2) is 16.0.